The van der Waals surface area contributed by atoms with Crippen LogP contribution in [0.1, 0.15) is 74.8 Å². The Hall–Kier alpha value is -1.18. The van der Waals surface area contributed by atoms with Gasteiger partial charge in [-0.3, -0.25) is 0 Å². The molecule has 0 saturated heterocycles. The van der Waals surface area contributed by atoms with E-state index in [1.54, 1.807) is 12.1 Å². The Labute approximate surface area is 139 Å². The molecule has 2 saturated carbocycles. The van der Waals surface area contributed by atoms with Crippen molar-refractivity contribution < 1.29 is 8.78 Å². The molecule has 0 spiro atoms. The predicted molar refractivity (Wildman–Crippen MR) is 91.5 cm³/mol. The molecule has 0 aliphatic heterocycles. The highest BCUT2D eigenvalue weighted by Crippen LogP contribution is 2.37. The third-order valence-corrected chi connectivity index (χ3v) is 5.85. The lowest BCUT2D eigenvalue weighted by Gasteiger charge is -2.28. The second-order valence-corrected chi connectivity index (χ2v) is 7.50. The van der Waals surface area contributed by atoms with Crippen LogP contribution in [-0.4, -0.2) is 0 Å². The van der Waals surface area contributed by atoms with Crippen LogP contribution in [0.2, 0.25) is 0 Å². The summed E-state index contributed by atoms with van der Waals surface area (Å²) in [6.07, 6.45) is 16.1. The highest BCUT2D eigenvalue weighted by atomic mass is 19.1. The van der Waals surface area contributed by atoms with Crippen LogP contribution in [0, 0.1) is 30.4 Å². The Bertz CT molecular complexity index is 524. The Morgan fingerprint density at radius 2 is 1.30 bits per heavy atom. The van der Waals surface area contributed by atoms with Gasteiger partial charge in [-0.05, 0) is 80.9 Å². The van der Waals surface area contributed by atoms with Crippen molar-refractivity contribution in [1.29, 1.82) is 0 Å². The Morgan fingerprint density at radius 3 is 1.87 bits per heavy atom. The van der Waals surface area contributed by atoms with Gasteiger partial charge in [0.15, 0.2) is 0 Å². The van der Waals surface area contributed by atoms with E-state index < -0.39 is 11.6 Å². The molecule has 2 fully saturated rings. The second-order valence-electron chi connectivity index (χ2n) is 7.50. The van der Waals surface area contributed by atoms with E-state index in [1.807, 2.05) is 0 Å². The molecule has 23 heavy (non-hydrogen) atoms. The van der Waals surface area contributed by atoms with E-state index in [1.165, 1.54) is 39.0 Å². The number of benzene rings is 1. The summed E-state index contributed by atoms with van der Waals surface area (Å²) in [7, 11) is 0. The number of hydrogen-bond donors (Lipinski definition) is 0. The molecule has 1 aromatic carbocycles. The zero-order valence-corrected chi connectivity index (χ0v) is 14.2. The fourth-order valence-electron chi connectivity index (χ4n) is 4.19. The molecule has 0 radical (unpaired) electrons. The van der Waals surface area contributed by atoms with Gasteiger partial charge in [-0.25, -0.2) is 8.78 Å². The van der Waals surface area contributed by atoms with Gasteiger partial charge in [-0.15, -0.1) is 0 Å². The lowest BCUT2D eigenvalue weighted by molar-refractivity contribution is 0.368. The first-order valence-corrected chi connectivity index (χ1v) is 9.27. The molecule has 0 amide bonds. The fourth-order valence-corrected chi connectivity index (χ4v) is 4.19. The SMILES string of the molecule is Cc1c(F)cc(C2CCC(C=CC3CCCCC3)CC2)cc1F. The second kappa shape index (κ2) is 7.59. The van der Waals surface area contributed by atoms with Crippen molar-refractivity contribution in [3.8, 4) is 0 Å². The van der Waals surface area contributed by atoms with Gasteiger partial charge in [0.25, 0.3) is 0 Å². The third-order valence-electron chi connectivity index (χ3n) is 5.85. The molecule has 0 bridgehead atoms. The summed E-state index contributed by atoms with van der Waals surface area (Å²) in [5.41, 5.74) is 0.984. The van der Waals surface area contributed by atoms with Crippen LogP contribution in [0.3, 0.4) is 0 Å². The van der Waals surface area contributed by atoms with E-state index in [9.17, 15) is 8.78 Å². The number of rotatable bonds is 3. The van der Waals surface area contributed by atoms with E-state index in [0.29, 0.717) is 11.8 Å². The zero-order valence-electron chi connectivity index (χ0n) is 14.2. The van der Waals surface area contributed by atoms with E-state index in [0.717, 1.165) is 37.2 Å². The highest BCUT2D eigenvalue weighted by Gasteiger charge is 2.23. The van der Waals surface area contributed by atoms with Gasteiger partial charge >= 0.3 is 0 Å². The van der Waals surface area contributed by atoms with E-state index in [-0.39, 0.29) is 5.56 Å². The monoisotopic (exact) mass is 318 g/mol. The topological polar surface area (TPSA) is 0 Å². The molecule has 0 aromatic heterocycles. The van der Waals surface area contributed by atoms with E-state index in [4.69, 9.17) is 0 Å². The molecule has 0 nitrogen and oxygen atoms in total. The third kappa shape index (κ3) is 4.22. The van der Waals surface area contributed by atoms with Crippen molar-refractivity contribution in [3.05, 3.63) is 47.0 Å². The van der Waals surface area contributed by atoms with Gasteiger partial charge in [0.1, 0.15) is 11.6 Å². The first kappa shape index (κ1) is 16.7. The summed E-state index contributed by atoms with van der Waals surface area (Å²) in [5, 5.41) is 0. The summed E-state index contributed by atoms with van der Waals surface area (Å²) >= 11 is 0. The summed E-state index contributed by atoms with van der Waals surface area (Å²) in [4.78, 5) is 0. The van der Waals surface area contributed by atoms with Crippen LogP contribution in [0.4, 0.5) is 8.78 Å². The summed E-state index contributed by atoms with van der Waals surface area (Å²) in [6.45, 7) is 1.50. The van der Waals surface area contributed by atoms with Crippen molar-refractivity contribution in [1.82, 2.24) is 0 Å². The van der Waals surface area contributed by atoms with E-state index in [2.05, 4.69) is 12.2 Å². The maximum absolute atomic E-state index is 13.7. The highest BCUT2D eigenvalue weighted by molar-refractivity contribution is 5.28. The number of halogens is 2. The predicted octanol–water partition coefficient (Wildman–Crippen LogP) is 6.68. The van der Waals surface area contributed by atoms with Gasteiger partial charge in [-0.1, -0.05) is 31.4 Å². The molecule has 126 valence electrons. The molecule has 1 aromatic rings. The maximum atomic E-state index is 13.7. The number of hydrogen-bond acceptors (Lipinski definition) is 0. The van der Waals surface area contributed by atoms with Crippen molar-refractivity contribution in [2.75, 3.05) is 0 Å². The van der Waals surface area contributed by atoms with Crippen LogP contribution in [-0.2, 0) is 0 Å². The fraction of sp³-hybridized carbons (Fsp3) is 0.619. The van der Waals surface area contributed by atoms with Gasteiger partial charge in [-0.2, -0.15) is 0 Å². The normalized spacial score (nSPS) is 26.7. The average Bonchev–Trinajstić information content (AvgIpc) is 2.59. The minimum Gasteiger partial charge on any atom is -0.207 e. The molecule has 0 heterocycles. The van der Waals surface area contributed by atoms with Crippen molar-refractivity contribution in [3.63, 3.8) is 0 Å². The largest absolute Gasteiger partial charge is 0.207 e. The summed E-state index contributed by atoms with van der Waals surface area (Å²) in [5.74, 6) is 0.965. The lowest BCUT2D eigenvalue weighted by Crippen LogP contribution is -2.13. The molecule has 2 aliphatic rings. The zero-order chi connectivity index (χ0) is 16.2. The quantitative estimate of drug-likeness (QED) is 0.545. The van der Waals surface area contributed by atoms with Crippen LogP contribution >= 0.6 is 0 Å². The minimum absolute atomic E-state index is 0.137. The molecule has 3 rings (SSSR count). The molecular weight excluding hydrogens is 290 g/mol. The summed E-state index contributed by atoms with van der Waals surface area (Å²) in [6, 6.07) is 3.09. The smallest absolute Gasteiger partial charge is 0.129 e. The van der Waals surface area contributed by atoms with Gasteiger partial charge in [0.2, 0.25) is 0 Å². The summed E-state index contributed by atoms with van der Waals surface area (Å²) < 4.78 is 27.5. The average molecular weight is 318 g/mol. The molecule has 0 unspecified atom stereocenters. The Morgan fingerprint density at radius 1 is 0.783 bits per heavy atom. The van der Waals surface area contributed by atoms with Crippen molar-refractivity contribution in [2.24, 2.45) is 11.8 Å². The van der Waals surface area contributed by atoms with Crippen LogP contribution in [0.25, 0.3) is 0 Å². The minimum atomic E-state index is -0.403. The van der Waals surface area contributed by atoms with Gasteiger partial charge in [0.05, 0.1) is 0 Å². The molecular formula is C21H28F2. The first-order chi connectivity index (χ1) is 11.1. The first-order valence-electron chi connectivity index (χ1n) is 9.27. The number of allylic oxidation sites excluding steroid dienone is 2. The molecule has 0 atom stereocenters. The van der Waals surface area contributed by atoms with E-state index >= 15 is 0 Å². The van der Waals surface area contributed by atoms with Crippen molar-refractivity contribution >= 4 is 0 Å². The van der Waals surface area contributed by atoms with Crippen LogP contribution in [0.5, 0.6) is 0 Å². The Kier molecular flexibility index (Phi) is 5.50. The Balaban J connectivity index is 1.55. The molecule has 0 N–H and O–H groups in total. The molecule has 2 aliphatic carbocycles. The standard InChI is InChI=1S/C21H28F2/c1-15-20(22)13-19(14-21(15)23)18-11-9-17(10-12-18)8-7-16-5-3-2-4-6-16/h7-8,13-14,16-18H,2-6,9-12H2,1H3. The van der Waals surface area contributed by atoms with Crippen LogP contribution < -0.4 is 0 Å². The maximum Gasteiger partial charge on any atom is 0.129 e. The lowest BCUT2D eigenvalue weighted by atomic mass is 9.78. The van der Waals surface area contributed by atoms with Crippen LogP contribution in [0.15, 0.2) is 24.3 Å². The van der Waals surface area contributed by atoms with Crippen molar-refractivity contribution in [2.45, 2.75) is 70.6 Å². The van der Waals surface area contributed by atoms with Gasteiger partial charge < -0.3 is 0 Å². The van der Waals surface area contributed by atoms with Gasteiger partial charge in [0, 0.05) is 5.56 Å². The molecule has 2 heteroatoms.